The summed E-state index contributed by atoms with van der Waals surface area (Å²) in [4.78, 5) is 4.01. The normalized spacial score (nSPS) is 11.3. The van der Waals surface area contributed by atoms with Crippen LogP contribution in [0.3, 0.4) is 0 Å². The lowest BCUT2D eigenvalue weighted by atomic mass is 10.3. The molecule has 5 nitrogen and oxygen atoms in total. The van der Waals surface area contributed by atoms with Crippen LogP contribution in [0, 0.1) is 0 Å². The number of rotatable bonds is 5. The highest BCUT2D eigenvalue weighted by atomic mass is 35.5. The Morgan fingerprint density at radius 2 is 1.88 bits per heavy atom. The molecule has 25 heavy (non-hydrogen) atoms. The lowest BCUT2D eigenvalue weighted by Gasteiger charge is -2.18. The number of ether oxygens (including phenoxy) is 1. The number of hydrogen-bond acceptors (Lipinski definition) is 5. The molecule has 0 radical (unpaired) electrons. The van der Waals surface area contributed by atoms with Gasteiger partial charge in [0.25, 0.3) is 10.0 Å². The maximum Gasteiger partial charge on any atom is 0.273 e. The van der Waals surface area contributed by atoms with E-state index in [0.717, 1.165) is 0 Å². The van der Waals surface area contributed by atoms with Crippen molar-refractivity contribution in [1.29, 1.82) is 0 Å². The van der Waals surface area contributed by atoms with Crippen LogP contribution >= 0.6 is 34.5 Å². The van der Waals surface area contributed by atoms with Crippen LogP contribution in [0.2, 0.25) is 10.0 Å². The number of halogens is 2. The number of thiophene rings is 1. The minimum Gasteiger partial charge on any atom is -0.438 e. The third-order valence-electron chi connectivity index (χ3n) is 3.30. The second-order valence-corrected chi connectivity index (χ2v) is 8.93. The highest BCUT2D eigenvalue weighted by molar-refractivity contribution is 7.94. The Morgan fingerprint density at radius 3 is 2.48 bits per heavy atom. The molecule has 3 rings (SSSR count). The van der Waals surface area contributed by atoms with Crippen molar-refractivity contribution in [2.75, 3.05) is 11.4 Å². The Balaban J connectivity index is 1.80. The van der Waals surface area contributed by atoms with E-state index in [9.17, 15) is 8.42 Å². The van der Waals surface area contributed by atoms with E-state index in [-0.39, 0.29) is 15.1 Å². The van der Waals surface area contributed by atoms with Gasteiger partial charge in [0.15, 0.2) is 0 Å². The third-order valence-corrected chi connectivity index (χ3v) is 6.93. The van der Waals surface area contributed by atoms with Gasteiger partial charge in [-0.1, -0.05) is 29.3 Å². The molecular formula is C16H12Cl2N2O3S2. The molecule has 0 saturated carbocycles. The van der Waals surface area contributed by atoms with Crippen LogP contribution in [0.15, 0.2) is 58.3 Å². The highest BCUT2D eigenvalue weighted by Gasteiger charge is 2.22. The van der Waals surface area contributed by atoms with Gasteiger partial charge in [-0.05, 0) is 41.8 Å². The van der Waals surface area contributed by atoms with E-state index < -0.39 is 10.0 Å². The first kappa shape index (κ1) is 18.0. The van der Waals surface area contributed by atoms with Gasteiger partial charge in [0, 0.05) is 13.2 Å². The van der Waals surface area contributed by atoms with Crippen molar-refractivity contribution in [3.8, 4) is 11.6 Å². The topological polar surface area (TPSA) is 59.5 Å². The van der Waals surface area contributed by atoms with E-state index in [1.807, 2.05) is 0 Å². The zero-order valence-electron chi connectivity index (χ0n) is 12.9. The van der Waals surface area contributed by atoms with Crippen molar-refractivity contribution >= 4 is 50.2 Å². The SMILES string of the molecule is CN(c1ccc(Oc2ncc(Cl)cc2Cl)cc1)S(=O)(=O)c1cccs1. The molecule has 0 spiro atoms. The van der Waals surface area contributed by atoms with Crippen molar-refractivity contribution in [1.82, 2.24) is 4.98 Å². The average Bonchev–Trinajstić information content (AvgIpc) is 3.13. The molecule has 0 bridgehead atoms. The zero-order chi connectivity index (χ0) is 18.0. The average molecular weight is 415 g/mol. The first-order chi connectivity index (χ1) is 11.9. The minimum absolute atomic E-state index is 0.221. The van der Waals surface area contributed by atoms with Crippen molar-refractivity contribution in [3.05, 3.63) is 64.1 Å². The van der Waals surface area contributed by atoms with E-state index in [4.69, 9.17) is 27.9 Å². The van der Waals surface area contributed by atoms with E-state index in [1.165, 1.54) is 35.0 Å². The van der Waals surface area contributed by atoms with E-state index in [0.29, 0.717) is 16.5 Å². The van der Waals surface area contributed by atoms with Crippen LogP contribution < -0.4 is 9.04 Å². The van der Waals surface area contributed by atoms with Crippen molar-refractivity contribution < 1.29 is 13.2 Å². The monoisotopic (exact) mass is 414 g/mol. The summed E-state index contributed by atoms with van der Waals surface area (Å²) in [5, 5.41) is 2.42. The largest absolute Gasteiger partial charge is 0.438 e. The molecule has 0 amide bonds. The van der Waals surface area contributed by atoms with Gasteiger partial charge in [-0.3, -0.25) is 4.31 Å². The summed E-state index contributed by atoms with van der Waals surface area (Å²) in [6.07, 6.45) is 1.43. The van der Waals surface area contributed by atoms with Gasteiger partial charge in [0.05, 0.1) is 10.7 Å². The lowest BCUT2D eigenvalue weighted by molar-refractivity contribution is 0.463. The van der Waals surface area contributed by atoms with E-state index in [1.54, 1.807) is 41.8 Å². The molecule has 0 aliphatic heterocycles. The smallest absolute Gasteiger partial charge is 0.273 e. The molecule has 0 aliphatic rings. The predicted octanol–water partition coefficient (Wildman–Crippen LogP) is 5.07. The number of anilines is 1. The molecular weight excluding hydrogens is 403 g/mol. The van der Waals surface area contributed by atoms with Gasteiger partial charge in [-0.25, -0.2) is 13.4 Å². The van der Waals surface area contributed by atoms with Crippen LogP contribution in [-0.2, 0) is 10.0 Å². The van der Waals surface area contributed by atoms with E-state index in [2.05, 4.69) is 4.98 Å². The fourth-order valence-electron chi connectivity index (χ4n) is 2.00. The van der Waals surface area contributed by atoms with Crippen LogP contribution in [0.25, 0.3) is 0 Å². The predicted molar refractivity (Wildman–Crippen MR) is 101 cm³/mol. The molecule has 0 unspecified atom stereocenters. The lowest BCUT2D eigenvalue weighted by Crippen LogP contribution is -2.25. The first-order valence-electron chi connectivity index (χ1n) is 6.99. The number of nitrogens with zero attached hydrogens (tertiary/aromatic N) is 2. The second kappa shape index (κ2) is 7.21. The molecule has 0 atom stereocenters. The quantitative estimate of drug-likeness (QED) is 0.584. The van der Waals surface area contributed by atoms with Crippen molar-refractivity contribution in [3.63, 3.8) is 0 Å². The molecule has 2 heterocycles. The van der Waals surface area contributed by atoms with Crippen molar-refractivity contribution in [2.24, 2.45) is 0 Å². The Bertz CT molecular complexity index is 975. The number of hydrogen-bond donors (Lipinski definition) is 0. The summed E-state index contributed by atoms with van der Waals surface area (Å²) in [5.74, 6) is 0.695. The fraction of sp³-hybridized carbons (Fsp3) is 0.0625. The molecule has 0 aliphatic carbocycles. The molecule has 9 heteroatoms. The van der Waals surface area contributed by atoms with Gasteiger partial charge >= 0.3 is 0 Å². The Kier molecular flexibility index (Phi) is 5.19. The molecule has 2 aromatic heterocycles. The van der Waals surface area contributed by atoms with Crippen LogP contribution in [0.1, 0.15) is 0 Å². The number of benzene rings is 1. The molecule has 0 N–H and O–H groups in total. The number of sulfonamides is 1. The Labute approximate surface area is 159 Å². The molecule has 0 fully saturated rings. The van der Waals surface area contributed by atoms with Crippen LogP contribution in [-0.4, -0.2) is 20.4 Å². The third kappa shape index (κ3) is 3.90. The summed E-state index contributed by atoms with van der Waals surface area (Å²) in [6.45, 7) is 0. The Morgan fingerprint density at radius 1 is 1.16 bits per heavy atom. The maximum atomic E-state index is 12.5. The molecule has 3 aromatic rings. The summed E-state index contributed by atoms with van der Waals surface area (Å²) in [5.41, 5.74) is 0.510. The van der Waals surface area contributed by atoms with E-state index >= 15 is 0 Å². The minimum atomic E-state index is -3.57. The van der Waals surface area contributed by atoms with Gasteiger partial charge in [-0.2, -0.15) is 0 Å². The highest BCUT2D eigenvalue weighted by Crippen LogP contribution is 2.31. The summed E-state index contributed by atoms with van der Waals surface area (Å²) >= 11 is 13.0. The van der Waals surface area contributed by atoms with Gasteiger partial charge < -0.3 is 4.74 Å². The maximum absolute atomic E-state index is 12.5. The zero-order valence-corrected chi connectivity index (χ0v) is 16.0. The molecule has 0 saturated heterocycles. The summed E-state index contributed by atoms with van der Waals surface area (Å²) in [6, 6.07) is 11.4. The Hall–Kier alpha value is -1.80. The molecule has 130 valence electrons. The van der Waals surface area contributed by atoms with Gasteiger partial charge in [-0.15, -0.1) is 11.3 Å². The second-order valence-electron chi connectivity index (χ2n) is 4.94. The standard InChI is InChI=1S/C16H12Cl2N2O3S2/c1-20(25(21,22)15-3-2-8-24-15)12-4-6-13(7-5-12)23-16-14(18)9-11(17)10-19-16/h2-10H,1H3. The van der Waals surface area contributed by atoms with Crippen LogP contribution in [0.5, 0.6) is 11.6 Å². The van der Waals surface area contributed by atoms with Crippen LogP contribution in [0.4, 0.5) is 5.69 Å². The summed E-state index contributed by atoms with van der Waals surface area (Å²) in [7, 11) is -2.07. The number of aromatic nitrogens is 1. The number of pyridine rings is 1. The fourth-order valence-corrected chi connectivity index (χ4v) is 4.77. The first-order valence-corrected chi connectivity index (χ1v) is 10.1. The summed E-state index contributed by atoms with van der Waals surface area (Å²) < 4.78 is 32.1. The molecule has 1 aromatic carbocycles. The van der Waals surface area contributed by atoms with Gasteiger partial charge in [0.2, 0.25) is 5.88 Å². The van der Waals surface area contributed by atoms with Crippen molar-refractivity contribution in [2.45, 2.75) is 4.21 Å². The van der Waals surface area contributed by atoms with Gasteiger partial charge in [0.1, 0.15) is 15.0 Å².